The van der Waals surface area contributed by atoms with Crippen LogP contribution in [0, 0.1) is 10.1 Å². The molecule has 1 unspecified atom stereocenters. The van der Waals surface area contributed by atoms with Crippen LogP contribution in [0.1, 0.15) is 5.56 Å². The molecule has 0 aromatic heterocycles. The fourth-order valence-corrected chi connectivity index (χ4v) is 4.51. The number of nitrogens with one attached hydrogen (secondary N) is 1. The number of carbonyl (C=O) groups excluding carboxylic acids is 4. The molecule has 0 spiro atoms. The number of non-ortho nitro benzene ring substituents is 1. The Labute approximate surface area is 199 Å². The second kappa shape index (κ2) is 10.6. The Bertz CT molecular complexity index is 1060. The highest BCUT2D eigenvalue weighted by Crippen LogP contribution is 2.37. The van der Waals surface area contributed by atoms with Gasteiger partial charge in [-0.05, 0) is 23.8 Å². The third-order valence-corrected chi connectivity index (χ3v) is 6.34. The Kier molecular flexibility index (Phi) is 7.81. The number of halogens is 1. The second-order valence-electron chi connectivity index (χ2n) is 6.65. The zero-order valence-corrected chi connectivity index (χ0v) is 19.5. The summed E-state index contributed by atoms with van der Waals surface area (Å²) in [6.45, 7) is -0.139. The number of hydrogen-bond donors (Lipinski definition) is 1. The number of esters is 1. The number of nitro groups is 1. The summed E-state index contributed by atoms with van der Waals surface area (Å²) in [5, 5.41) is 15.9. The van der Waals surface area contributed by atoms with E-state index in [2.05, 4.69) is 31.2 Å². The fourth-order valence-electron chi connectivity index (χ4n) is 3.05. The lowest BCUT2D eigenvalue weighted by atomic mass is 10.0. The largest absolute Gasteiger partial charge is 0.456 e. The molecule has 3 rings (SSSR count). The number of rotatable bonds is 9. The van der Waals surface area contributed by atoms with E-state index in [1.807, 2.05) is 0 Å². The normalized spacial score (nSPS) is 19.6. The lowest BCUT2D eigenvalue weighted by Gasteiger charge is -2.48. The molecule has 1 N–H and O–H groups in total. The van der Waals surface area contributed by atoms with Crippen LogP contribution in [-0.2, 0) is 35.4 Å². The lowest BCUT2D eigenvalue weighted by molar-refractivity contribution is -0.384. The van der Waals surface area contributed by atoms with Gasteiger partial charge in [0.05, 0.1) is 10.3 Å². The van der Waals surface area contributed by atoms with Crippen molar-refractivity contribution in [2.24, 2.45) is 5.16 Å². The standard InChI is InChI=1S/C19H17BrN4O8S/c1-31-22-14(13(25)8-20)16(26)21-15-17(27)23-12(6-7-33-18(15)23)19(28)32-9-10-2-4-11(5-3-10)24(29)30/h2-6,15,18H,7-9H2,1H3,(H,21,26)/b22-14-/t15?,18-/m1/s1. The molecule has 12 nitrogen and oxygen atoms in total. The quantitative estimate of drug-likeness (QED) is 0.0912. The first-order valence-corrected chi connectivity index (χ1v) is 11.5. The molecule has 1 aromatic rings. The number of ketones is 1. The molecule has 1 saturated heterocycles. The molecule has 174 valence electrons. The van der Waals surface area contributed by atoms with E-state index < -0.39 is 45.6 Å². The first-order chi connectivity index (χ1) is 15.8. The van der Waals surface area contributed by atoms with Gasteiger partial charge in [-0.15, -0.1) is 11.8 Å². The number of benzene rings is 1. The van der Waals surface area contributed by atoms with Gasteiger partial charge in [0, 0.05) is 17.9 Å². The van der Waals surface area contributed by atoms with Crippen LogP contribution in [0.3, 0.4) is 0 Å². The maximum atomic E-state index is 12.7. The number of alkyl halides is 1. The predicted octanol–water partition coefficient (Wildman–Crippen LogP) is 0.888. The van der Waals surface area contributed by atoms with E-state index in [1.54, 1.807) is 6.08 Å². The minimum atomic E-state index is -0.959. The summed E-state index contributed by atoms with van der Waals surface area (Å²) in [5.41, 5.74) is 0.00620. The van der Waals surface area contributed by atoms with E-state index in [0.29, 0.717) is 11.3 Å². The van der Waals surface area contributed by atoms with Crippen molar-refractivity contribution >= 4 is 62.7 Å². The summed E-state index contributed by atoms with van der Waals surface area (Å²) < 4.78 is 5.25. The first kappa shape index (κ1) is 24.4. The topological polar surface area (TPSA) is 158 Å². The summed E-state index contributed by atoms with van der Waals surface area (Å²) in [4.78, 5) is 65.4. The number of β-lactam (4-membered cyclic amide) rings is 1. The molecule has 14 heteroatoms. The average molecular weight is 541 g/mol. The molecule has 0 bridgehead atoms. The van der Waals surface area contributed by atoms with Crippen molar-refractivity contribution in [1.29, 1.82) is 0 Å². The Balaban J connectivity index is 1.62. The monoisotopic (exact) mass is 540 g/mol. The number of amides is 2. The average Bonchev–Trinajstić information content (AvgIpc) is 2.83. The van der Waals surface area contributed by atoms with Crippen LogP contribution in [0.4, 0.5) is 5.69 Å². The maximum absolute atomic E-state index is 12.7. The Morgan fingerprint density at radius 2 is 2.03 bits per heavy atom. The van der Waals surface area contributed by atoms with E-state index in [4.69, 9.17) is 4.74 Å². The van der Waals surface area contributed by atoms with E-state index in [9.17, 15) is 29.3 Å². The van der Waals surface area contributed by atoms with E-state index in [0.717, 1.165) is 0 Å². The van der Waals surface area contributed by atoms with E-state index in [1.165, 1.54) is 48.0 Å². The summed E-state index contributed by atoms with van der Waals surface area (Å²) in [6, 6.07) is 4.56. The van der Waals surface area contributed by atoms with Gasteiger partial charge < -0.3 is 14.9 Å². The Morgan fingerprint density at radius 1 is 1.33 bits per heavy atom. The van der Waals surface area contributed by atoms with Crippen molar-refractivity contribution in [3.8, 4) is 0 Å². The second-order valence-corrected chi connectivity index (χ2v) is 8.36. The van der Waals surface area contributed by atoms with Crippen molar-refractivity contribution in [3.05, 3.63) is 51.7 Å². The van der Waals surface area contributed by atoms with Crippen LogP contribution < -0.4 is 5.32 Å². The van der Waals surface area contributed by atoms with Gasteiger partial charge in [-0.3, -0.25) is 29.4 Å². The zero-order chi connectivity index (χ0) is 24.1. The lowest BCUT2D eigenvalue weighted by Crippen LogP contribution is -2.70. The smallest absolute Gasteiger partial charge is 0.355 e. The number of fused-ring (bicyclic) bond motifs is 1. The third kappa shape index (κ3) is 5.22. The van der Waals surface area contributed by atoms with Crippen LogP contribution in [0.5, 0.6) is 0 Å². The summed E-state index contributed by atoms with van der Waals surface area (Å²) >= 11 is 4.27. The number of Topliss-reactive ketones (excluding diaryl/α,β-unsaturated/α-hetero) is 1. The molecular weight excluding hydrogens is 524 g/mol. The van der Waals surface area contributed by atoms with Crippen molar-refractivity contribution < 1.29 is 33.7 Å². The molecule has 2 atom stereocenters. The minimum Gasteiger partial charge on any atom is -0.456 e. The van der Waals surface area contributed by atoms with Crippen LogP contribution in [0.2, 0.25) is 0 Å². The van der Waals surface area contributed by atoms with Gasteiger partial charge in [0.2, 0.25) is 11.5 Å². The van der Waals surface area contributed by atoms with Crippen LogP contribution in [-0.4, -0.2) is 68.7 Å². The van der Waals surface area contributed by atoms with Crippen LogP contribution >= 0.6 is 27.7 Å². The highest BCUT2D eigenvalue weighted by Gasteiger charge is 2.53. The molecule has 2 heterocycles. The highest BCUT2D eigenvalue weighted by molar-refractivity contribution is 9.09. The Hall–Kier alpha value is -3.26. The van der Waals surface area contributed by atoms with Gasteiger partial charge in [-0.2, -0.15) is 0 Å². The third-order valence-electron chi connectivity index (χ3n) is 4.64. The molecule has 0 saturated carbocycles. The number of carbonyl (C=O) groups is 4. The molecule has 2 aliphatic rings. The van der Waals surface area contributed by atoms with Gasteiger partial charge >= 0.3 is 5.97 Å². The number of nitrogens with zero attached hydrogens (tertiary/aromatic N) is 3. The van der Waals surface area contributed by atoms with Gasteiger partial charge in [0.25, 0.3) is 17.5 Å². The van der Waals surface area contributed by atoms with Gasteiger partial charge in [-0.25, -0.2) is 4.79 Å². The van der Waals surface area contributed by atoms with Crippen molar-refractivity contribution in [2.75, 3.05) is 18.2 Å². The number of nitro benzene ring substituents is 1. The van der Waals surface area contributed by atoms with Crippen LogP contribution in [0.25, 0.3) is 0 Å². The van der Waals surface area contributed by atoms with Crippen LogP contribution in [0.15, 0.2) is 41.2 Å². The number of ether oxygens (including phenoxy) is 1. The van der Waals surface area contributed by atoms with Gasteiger partial charge in [-0.1, -0.05) is 21.1 Å². The highest BCUT2D eigenvalue weighted by atomic mass is 79.9. The zero-order valence-electron chi connectivity index (χ0n) is 17.1. The SMILES string of the molecule is CO/N=C(/C(=O)CBr)C(=O)NC1C(=O)N2C(C(=O)OCc3ccc([N+](=O)[O-])cc3)=CCS[C@H]12. The summed E-state index contributed by atoms with van der Waals surface area (Å²) in [6.07, 6.45) is 1.54. The molecule has 0 radical (unpaired) electrons. The minimum absolute atomic E-state index is 0.0403. The maximum Gasteiger partial charge on any atom is 0.355 e. The summed E-state index contributed by atoms with van der Waals surface area (Å²) in [5.74, 6) is -2.38. The number of hydrogen-bond acceptors (Lipinski definition) is 10. The molecule has 0 aliphatic carbocycles. The predicted molar refractivity (Wildman–Crippen MR) is 119 cm³/mol. The number of thioether (sulfide) groups is 1. The Morgan fingerprint density at radius 3 is 2.64 bits per heavy atom. The van der Waals surface area contributed by atoms with E-state index >= 15 is 0 Å². The molecule has 1 fully saturated rings. The fraction of sp³-hybridized carbons (Fsp3) is 0.316. The van der Waals surface area contributed by atoms with Crippen molar-refractivity contribution in [3.63, 3.8) is 0 Å². The number of oxime groups is 1. The van der Waals surface area contributed by atoms with Gasteiger partial charge in [0.1, 0.15) is 30.8 Å². The van der Waals surface area contributed by atoms with Crippen molar-refractivity contribution in [2.45, 2.75) is 18.0 Å². The molecular formula is C19H17BrN4O8S. The molecule has 2 aliphatic heterocycles. The molecule has 2 amide bonds. The molecule has 33 heavy (non-hydrogen) atoms. The van der Waals surface area contributed by atoms with E-state index in [-0.39, 0.29) is 23.3 Å². The first-order valence-electron chi connectivity index (χ1n) is 9.35. The van der Waals surface area contributed by atoms with Crippen molar-refractivity contribution in [1.82, 2.24) is 10.2 Å². The molecule has 1 aromatic carbocycles. The summed E-state index contributed by atoms with van der Waals surface area (Å²) in [7, 11) is 1.18. The van der Waals surface area contributed by atoms with Gasteiger partial charge in [0.15, 0.2) is 0 Å².